The first-order chi connectivity index (χ1) is 6.56. The number of aromatic nitrogens is 1. The zero-order valence-electron chi connectivity index (χ0n) is 7.64. The Bertz CT molecular complexity index is 410. The number of pyridine rings is 1. The van der Waals surface area contributed by atoms with Crippen LogP contribution in [0.3, 0.4) is 0 Å². The predicted octanol–water partition coefficient (Wildman–Crippen LogP) is 0.0572. The molecule has 14 heavy (non-hydrogen) atoms. The minimum Gasteiger partial charge on any atom is -0.395 e. The SMILES string of the molecule is Cc1cc([N+](=O)[O-])c(=O)n(CCO)c1. The van der Waals surface area contributed by atoms with Gasteiger partial charge in [-0.25, -0.2) is 0 Å². The first kappa shape index (κ1) is 10.4. The number of aliphatic hydroxyl groups is 1. The molecular weight excluding hydrogens is 188 g/mol. The van der Waals surface area contributed by atoms with Crippen molar-refractivity contribution in [1.82, 2.24) is 4.57 Å². The lowest BCUT2D eigenvalue weighted by atomic mass is 10.3. The minimum absolute atomic E-state index is 0.0708. The van der Waals surface area contributed by atoms with Gasteiger partial charge in [-0.05, 0) is 12.5 Å². The highest BCUT2D eigenvalue weighted by molar-refractivity contribution is 5.30. The highest BCUT2D eigenvalue weighted by Crippen LogP contribution is 2.06. The Hall–Kier alpha value is -1.69. The van der Waals surface area contributed by atoms with Crippen LogP contribution in [0.2, 0.25) is 0 Å². The van der Waals surface area contributed by atoms with Gasteiger partial charge in [-0.2, -0.15) is 0 Å². The van der Waals surface area contributed by atoms with Crippen molar-refractivity contribution in [2.75, 3.05) is 6.61 Å². The van der Waals surface area contributed by atoms with Crippen molar-refractivity contribution in [1.29, 1.82) is 0 Å². The van der Waals surface area contributed by atoms with E-state index in [9.17, 15) is 14.9 Å². The summed E-state index contributed by atoms with van der Waals surface area (Å²) in [6, 6.07) is 1.22. The largest absolute Gasteiger partial charge is 0.395 e. The topological polar surface area (TPSA) is 85.4 Å². The van der Waals surface area contributed by atoms with E-state index < -0.39 is 16.2 Å². The summed E-state index contributed by atoms with van der Waals surface area (Å²) in [5.74, 6) is 0. The molecule has 1 aromatic rings. The van der Waals surface area contributed by atoms with E-state index in [0.29, 0.717) is 5.56 Å². The summed E-state index contributed by atoms with van der Waals surface area (Å²) in [5, 5.41) is 19.1. The summed E-state index contributed by atoms with van der Waals surface area (Å²) < 4.78 is 1.13. The highest BCUT2D eigenvalue weighted by atomic mass is 16.6. The fraction of sp³-hybridized carbons (Fsp3) is 0.375. The van der Waals surface area contributed by atoms with Crippen LogP contribution in [-0.2, 0) is 6.54 Å². The van der Waals surface area contributed by atoms with E-state index in [2.05, 4.69) is 0 Å². The van der Waals surface area contributed by atoms with Gasteiger partial charge in [-0.3, -0.25) is 14.9 Å². The molecule has 0 aliphatic rings. The molecule has 1 N–H and O–H groups in total. The first-order valence-corrected chi connectivity index (χ1v) is 4.02. The number of nitrogens with zero attached hydrogens (tertiary/aromatic N) is 2. The van der Waals surface area contributed by atoms with Gasteiger partial charge in [0.15, 0.2) is 0 Å². The Kier molecular flexibility index (Phi) is 2.98. The zero-order valence-corrected chi connectivity index (χ0v) is 7.64. The van der Waals surface area contributed by atoms with Gasteiger partial charge < -0.3 is 9.67 Å². The summed E-state index contributed by atoms with van der Waals surface area (Å²) in [6.07, 6.45) is 1.48. The number of aliphatic hydroxyl groups excluding tert-OH is 1. The van der Waals surface area contributed by atoms with E-state index in [1.807, 2.05) is 0 Å². The molecule has 76 valence electrons. The molecule has 1 rings (SSSR count). The van der Waals surface area contributed by atoms with Gasteiger partial charge in [0.2, 0.25) is 0 Å². The van der Waals surface area contributed by atoms with Crippen molar-refractivity contribution >= 4 is 5.69 Å². The molecule has 0 radical (unpaired) electrons. The number of hydrogen-bond donors (Lipinski definition) is 1. The maximum absolute atomic E-state index is 11.4. The van der Waals surface area contributed by atoms with Crippen LogP contribution >= 0.6 is 0 Å². The van der Waals surface area contributed by atoms with Crippen LogP contribution < -0.4 is 5.56 Å². The lowest BCUT2D eigenvalue weighted by Gasteiger charge is -2.03. The molecule has 0 saturated heterocycles. The quantitative estimate of drug-likeness (QED) is 0.549. The Morgan fingerprint density at radius 1 is 1.64 bits per heavy atom. The molecular formula is C8H10N2O4. The lowest BCUT2D eigenvalue weighted by Crippen LogP contribution is -2.23. The third-order valence-corrected chi connectivity index (χ3v) is 1.74. The average molecular weight is 198 g/mol. The average Bonchev–Trinajstić information content (AvgIpc) is 2.10. The summed E-state index contributed by atoms with van der Waals surface area (Å²) >= 11 is 0. The number of nitro groups is 1. The van der Waals surface area contributed by atoms with Gasteiger partial charge in [0, 0.05) is 18.8 Å². The molecule has 0 aliphatic heterocycles. The summed E-state index contributed by atoms with van der Waals surface area (Å²) in [4.78, 5) is 21.1. The monoisotopic (exact) mass is 198 g/mol. The second-order valence-corrected chi connectivity index (χ2v) is 2.88. The van der Waals surface area contributed by atoms with Crippen LogP contribution in [0.4, 0.5) is 5.69 Å². The number of hydrogen-bond acceptors (Lipinski definition) is 4. The smallest absolute Gasteiger partial charge is 0.334 e. The van der Waals surface area contributed by atoms with Crippen molar-refractivity contribution in [2.45, 2.75) is 13.5 Å². The van der Waals surface area contributed by atoms with E-state index in [-0.39, 0.29) is 13.2 Å². The maximum Gasteiger partial charge on any atom is 0.334 e. The van der Waals surface area contributed by atoms with E-state index in [1.165, 1.54) is 12.3 Å². The second kappa shape index (κ2) is 4.01. The van der Waals surface area contributed by atoms with E-state index >= 15 is 0 Å². The van der Waals surface area contributed by atoms with Gasteiger partial charge in [0.05, 0.1) is 11.5 Å². The molecule has 6 heteroatoms. The predicted molar refractivity (Wildman–Crippen MR) is 49.2 cm³/mol. The molecule has 0 unspecified atom stereocenters. The van der Waals surface area contributed by atoms with Crippen LogP contribution in [0.15, 0.2) is 17.1 Å². The molecule has 6 nitrogen and oxygen atoms in total. The standard InChI is InChI=1S/C8H10N2O4/c1-6-4-7(10(13)14)8(12)9(5-6)2-3-11/h4-5,11H,2-3H2,1H3. The molecule has 0 fully saturated rings. The fourth-order valence-electron chi connectivity index (χ4n) is 1.17. The molecule has 0 aromatic carbocycles. The van der Waals surface area contributed by atoms with Crippen LogP contribution in [0.5, 0.6) is 0 Å². The molecule has 0 bridgehead atoms. The van der Waals surface area contributed by atoms with Gasteiger partial charge in [-0.1, -0.05) is 0 Å². The van der Waals surface area contributed by atoms with Crippen molar-refractivity contribution in [2.24, 2.45) is 0 Å². The zero-order chi connectivity index (χ0) is 10.7. The highest BCUT2D eigenvalue weighted by Gasteiger charge is 2.14. The molecule has 1 heterocycles. The van der Waals surface area contributed by atoms with Gasteiger partial charge in [0.1, 0.15) is 0 Å². The van der Waals surface area contributed by atoms with E-state index in [0.717, 1.165) is 4.57 Å². The molecule has 1 aromatic heterocycles. The molecule has 0 aliphatic carbocycles. The van der Waals surface area contributed by atoms with Crippen LogP contribution in [0.25, 0.3) is 0 Å². The van der Waals surface area contributed by atoms with Crippen LogP contribution in [0, 0.1) is 17.0 Å². The number of rotatable bonds is 3. The molecule has 0 spiro atoms. The molecule has 0 amide bonds. The Labute approximate surface area is 79.6 Å². The van der Waals surface area contributed by atoms with Crippen molar-refractivity contribution in [3.05, 3.63) is 38.3 Å². The normalized spacial score (nSPS) is 10.1. The van der Waals surface area contributed by atoms with Crippen LogP contribution in [-0.4, -0.2) is 21.2 Å². The Morgan fingerprint density at radius 2 is 2.29 bits per heavy atom. The summed E-state index contributed by atoms with van der Waals surface area (Å²) in [7, 11) is 0. The van der Waals surface area contributed by atoms with Gasteiger partial charge >= 0.3 is 11.2 Å². The Balaban J connectivity index is 3.32. The van der Waals surface area contributed by atoms with Crippen molar-refractivity contribution in [3.8, 4) is 0 Å². The summed E-state index contributed by atoms with van der Waals surface area (Å²) in [6.45, 7) is 1.50. The summed E-state index contributed by atoms with van der Waals surface area (Å²) in [5.41, 5.74) is -0.530. The third-order valence-electron chi connectivity index (χ3n) is 1.74. The second-order valence-electron chi connectivity index (χ2n) is 2.88. The van der Waals surface area contributed by atoms with Gasteiger partial charge in [-0.15, -0.1) is 0 Å². The first-order valence-electron chi connectivity index (χ1n) is 4.02. The number of aryl methyl sites for hydroxylation is 1. The lowest BCUT2D eigenvalue weighted by molar-refractivity contribution is -0.386. The molecule has 0 atom stereocenters. The van der Waals surface area contributed by atoms with Crippen LogP contribution in [0.1, 0.15) is 5.56 Å². The van der Waals surface area contributed by atoms with Crippen molar-refractivity contribution in [3.63, 3.8) is 0 Å². The van der Waals surface area contributed by atoms with Crippen molar-refractivity contribution < 1.29 is 10.0 Å². The van der Waals surface area contributed by atoms with Gasteiger partial charge in [0.25, 0.3) is 0 Å². The maximum atomic E-state index is 11.4. The van der Waals surface area contributed by atoms with E-state index in [1.54, 1.807) is 6.92 Å². The fourth-order valence-corrected chi connectivity index (χ4v) is 1.17. The molecule has 0 saturated carbocycles. The minimum atomic E-state index is -0.719. The Morgan fingerprint density at radius 3 is 2.79 bits per heavy atom. The third kappa shape index (κ3) is 1.97. The van der Waals surface area contributed by atoms with E-state index in [4.69, 9.17) is 5.11 Å².